The average Bonchev–Trinajstić information content (AvgIpc) is 3.24. The van der Waals surface area contributed by atoms with Gasteiger partial charge in [-0.15, -0.1) is 5.11 Å². The quantitative estimate of drug-likeness (QED) is 0.143. The number of hydrogen-bond donors (Lipinski definition) is 0. The molecule has 0 radical (unpaired) electrons. The number of aromatic nitrogens is 2. The first kappa shape index (κ1) is 24.0. The maximum atomic E-state index is 11.3. The van der Waals surface area contributed by atoms with Crippen molar-refractivity contribution in [1.29, 1.82) is 0 Å². The lowest BCUT2D eigenvalue weighted by atomic mass is 10.1. The third-order valence-electron chi connectivity index (χ3n) is 5.02. The summed E-state index contributed by atoms with van der Waals surface area (Å²) in [6.45, 7) is 0.466. The molecule has 0 aliphatic rings. The number of halogens is 2. The molecular formula is C23H16Cl2N6O4. The molecule has 0 atom stereocenters. The minimum atomic E-state index is -0.732. The molecule has 176 valence electrons. The van der Waals surface area contributed by atoms with Gasteiger partial charge in [0.1, 0.15) is 0 Å². The van der Waals surface area contributed by atoms with Crippen LogP contribution in [0.5, 0.6) is 0 Å². The van der Waals surface area contributed by atoms with Crippen molar-refractivity contribution < 1.29 is 9.85 Å². The molecule has 0 N–H and O–H groups in total. The number of benzene rings is 3. The first-order valence-corrected chi connectivity index (χ1v) is 10.9. The summed E-state index contributed by atoms with van der Waals surface area (Å²) >= 11 is 12.3. The monoisotopic (exact) mass is 510 g/mol. The van der Waals surface area contributed by atoms with E-state index < -0.39 is 21.2 Å². The van der Waals surface area contributed by atoms with Gasteiger partial charge in [-0.1, -0.05) is 59.6 Å². The highest BCUT2D eigenvalue weighted by Crippen LogP contribution is 2.32. The topological polar surface area (TPSA) is 129 Å². The molecule has 4 rings (SSSR count). The zero-order valence-electron chi connectivity index (χ0n) is 17.9. The summed E-state index contributed by atoms with van der Waals surface area (Å²) in [6.07, 6.45) is 1.80. The first-order valence-electron chi connectivity index (χ1n) is 10.2. The summed E-state index contributed by atoms with van der Waals surface area (Å²) in [4.78, 5) is 20.8. The van der Waals surface area contributed by atoms with E-state index in [-0.39, 0.29) is 12.2 Å². The van der Waals surface area contributed by atoms with Crippen LogP contribution < -0.4 is 0 Å². The van der Waals surface area contributed by atoms with Gasteiger partial charge in [-0.3, -0.25) is 24.9 Å². The number of nitro groups is 2. The fourth-order valence-corrected chi connectivity index (χ4v) is 3.84. The number of nitro benzene ring substituents is 2. The number of azo groups is 1. The molecule has 0 bridgehead atoms. The van der Waals surface area contributed by atoms with Crippen LogP contribution in [0.25, 0.3) is 11.3 Å². The van der Waals surface area contributed by atoms with Crippen molar-refractivity contribution in [1.82, 2.24) is 9.78 Å². The van der Waals surface area contributed by atoms with E-state index in [2.05, 4.69) is 15.3 Å². The van der Waals surface area contributed by atoms with Gasteiger partial charge < -0.3 is 0 Å². The lowest BCUT2D eigenvalue weighted by Gasteiger charge is -2.05. The Morgan fingerprint density at radius 1 is 0.914 bits per heavy atom. The molecule has 12 heteroatoms. The smallest absolute Gasteiger partial charge is 0.267 e. The van der Waals surface area contributed by atoms with Crippen molar-refractivity contribution in [2.75, 3.05) is 0 Å². The third kappa shape index (κ3) is 5.68. The van der Waals surface area contributed by atoms with Crippen LogP contribution in [0.4, 0.5) is 17.1 Å². The number of non-ortho nitro benzene ring substituents is 1. The van der Waals surface area contributed by atoms with Crippen LogP contribution in [0.1, 0.15) is 11.1 Å². The molecule has 1 heterocycles. The molecule has 0 saturated heterocycles. The minimum Gasteiger partial charge on any atom is -0.267 e. The molecular weight excluding hydrogens is 495 g/mol. The van der Waals surface area contributed by atoms with Gasteiger partial charge in [0.25, 0.3) is 5.69 Å². The van der Waals surface area contributed by atoms with Gasteiger partial charge in [0.15, 0.2) is 5.69 Å². The summed E-state index contributed by atoms with van der Waals surface area (Å²) in [5.41, 5.74) is 2.11. The van der Waals surface area contributed by atoms with E-state index in [4.69, 9.17) is 23.2 Å². The molecule has 35 heavy (non-hydrogen) atoms. The second-order valence-corrected chi connectivity index (χ2v) is 8.23. The fraction of sp³-hybridized carbons (Fsp3) is 0.0870. The van der Waals surface area contributed by atoms with Crippen LogP contribution in [0.3, 0.4) is 0 Å². The van der Waals surface area contributed by atoms with E-state index >= 15 is 0 Å². The molecule has 4 aromatic rings. The molecule has 0 amide bonds. The number of hydrogen-bond acceptors (Lipinski definition) is 7. The van der Waals surface area contributed by atoms with Crippen molar-refractivity contribution >= 4 is 40.3 Å². The van der Waals surface area contributed by atoms with Crippen LogP contribution in [-0.4, -0.2) is 19.6 Å². The maximum Gasteiger partial charge on any atom is 0.303 e. The van der Waals surface area contributed by atoms with Gasteiger partial charge in [0.05, 0.1) is 34.7 Å². The Morgan fingerprint density at radius 3 is 2.37 bits per heavy atom. The summed E-state index contributed by atoms with van der Waals surface area (Å²) in [6, 6.07) is 17.9. The van der Waals surface area contributed by atoms with Gasteiger partial charge in [-0.2, -0.15) is 10.2 Å². The predicted molar refractivity (Wildman–Crippen MR) is 131 cm³/mol. The largest absolute Gasteiger partial charge is 0.303 e. The van der Waals surface area contributed by atoms with E-state index in [0.29, 0.717) is 22.3 Å². The van der Waals surface area contributed by atoms with Gasteiger partial charge in [-0.25, -0.2) is 0 Å². The van der Waals surface area contributed by atoms with Crippen LogP contribution in [0.2, 0.25) is 10.0 Å². The fourth-order valence-electron chi connectivity index (χ4n) is 3.37. The molecule has 10 nitrogen and oxygen atoms in total. The Morgan fingerprint density at radius 2 is 1.69 bits per heavy atom. The normalized spacial score (nSPS) is 11.1. The standard InChI is InChI=1S/C23H16Cl2N6O4/c24-18-7-6-16(20(25)10-18)13-29-14-17(23(28-29)15-4-2-1-3-5-15)12-26-27-21-9-8-19(30(32)33)11-22(21)31(34)35/h1-11,14H,12-13H2. The highest BCUT2D eigenvalue weighted by Gasteiger charge is 2.19. The van der Waals surface area contributed by atoms with E-state index in [1.807, 2.05) is 36.4 Å². The van der Waals surface area contributed by atoms with E-state index in [1.165, 1.54) is 6.07 Å². The van der Waals surface area contributed by atoms with E-state index in [0.717, 1.165) is 28.8 Å². The van der Waals surface area contributed by atoms with Crippen molar-refractivity contribution in [3.63, 3.8) is 0 Å². The van der Waals surface area contributed by atoms with Gasteiger partial charge in [0.2, 0.25) is 0 Å². The van der Waals surface area contributed by atoms with Crippen LogP contribution in [0.15, 0.2) is 83.2 Å². The molecule has 0 spiro atoms. The Bertz CT molecular complexity index is 1440. The summed E-state index contributed by atoms with van der Waals surface area (Å²) in [5, 5.41) is 36.1. The second kappa shape index (κ2) is 10.4. The average molecular weight is 511 g/mol. The highest BCUT2D eigenvalue weighted by atomic mass is 35.5. The maximum absolute atomic E-state index is 11.3. The summed E-state index contributed by atoms with van der Waals surface area (Å²) < 4.78 is 1.72. The number of rotatable bonds is 8. The third-order valence-corrected chi connectivity index (χ3v) is 5.61. The van der Waals surface area contributed by atoms with E-state index in [1.54, 1.807) is 23.0 Å². The lowest BCUT2D eigenvalue weighted by Crippen LogP contribution is -2.01. The zero-order chi connectivity index (χ0) is 24.9. The molecule has 0 unspecified atom stereocenters. The molecule has 0 fully saturated rings. The predicted octanol–water partition coefficient (Wildman–Crippen LogP) is 7.01. The first-order chi connectivity index (χ1) is 16.8. The molecule has 0 saturated carbocycles. The summed E-state index contributed by atoms with van der Waals surface area (Å²) in [7, 11) is 0. The second-order valence-electron chi connectivity index (χ2n) is 7.39. The Hall–Kier alpha value is -4.15. The molecule has 0 aliphatic carbocycles. The summed E-state index contributed by atoms with van der Waals surface area (Å²) in [5.74, 6) is 0. The van der Waals surface area contributed by atoms with Gasteiger partial charge in [-0.05, 0) is 23.8 Å². The van der Waals surface area contributed by atoms with Crippen molar-refractivity contribution in [2.24, 2.45) is 10.2 Å². The number of nitrogens with zero attached hydrogens (tertiary/aromatic N) is 6. The van der Waals surface area contributed by atoms with Gasteiger partial charge >= 0.3 is 5.69 Å². The Kier molecular flexibility index (Phi) is 7.14. The minimum absolute atomic E-state index is 0.0761. The molecule has 0 aliphatic heterocycles. The van der Waals surface area contributed by atoms with Crippen molar-refractivity contribution in [2.45, 2.75) is 13.1 Å². The van der Waals surface area contributed by atoms with Crippen LogP contribution in [-0.2, 0) is 13.1 Å². The molecule has 3 aromatic carbocycles. The van der Waals surface area contributed by atoms with Crippen LogP contribution in [0, 0.1) is 20.2 Å². The molecule has 1 aromatic heterocycles. The van der Waals surface area contributed by atoms with Crippen LogP contribution >= 0.6 is 23.2 Å². The Balaban J connectivity index is 1.64. The van der Waals surface area contributed by atoms with Crippen molar-refractivity contribution in [3.8, 4) is 11.3 Å². The SMILES string of the molecule is O=[N+]([O-])c1ccc(N=NCc2cn(Cc3ccc(Cl)cc3Cl)nc2-c2ccccc2)c([N+](=O)[O-])c1. The zero-order valence-corrected chi connectivity index (χ0v) is 19.4. The van der Waals surface area contributed by atoms with E-state index in [9.17, 15) is 20.2 Å². The highest BCUT2D eigenvalue weighted by molar-refractivity contribution is 6.35. The Labute approximate surface area is 208 Å². The van der Waals surface area contributed by atoms with Gasteiger partial charge in [0, 0.05) is 33.4 Å². The lowest BCUT2D eigenvalue weighted by molar-refractivity contribution is -0.393. The van der Waals surface area contributed by atoms with Crippen molar-refractivity contribution in [3.05, 3.63) is 114 Å².